The second-order valence-electron chi connectivity index (χ2n) is 6.00. The molecule has 0 aromatic heterocycles. The van der Waals surface area contributed by atoms with Gasteiger partial charge in [0.15, 0.2) is 0 Å². The van der Waals surface area contributed by atoms with Gasteiger partial charge in [0.25, 0.3) is 0 Å². The first-order valence-corrected chi connectivity index (χ1v) is 7.87. The molecule has 4 nitrogen and oxygen atoms in total. The SMILES string of the molecule is COc1ccc(OC2CN(C3CCCCC3OC)C2)cc1. The van der Waals surface area contributed by atoms with Crippen LogP contribution < -0.4 is 9.47 Å². The first-order valence-electron chi connectivity index (χ1n) is 7.87. The topological polar surface area (TPSA) is 30.9 Å². The van der Waals surface area contributed by atoms with Gasteiger partial charge in [-0.25, -0.2) is 0 Å². The summed E-state index contributed by atoms with van der Waals surface area (Å²) < 4.78 is 16.8. The van der Waals surface area contributed by atoms with Crippen LogP contribution in [0.5, 0.6) is 11.5 Å². The highest BCUT2D eigenvalue weighted by Gasteiger charge is 2.38. The minimum absolute atomic E-state index is 0.304. The van der Waals surface area contributed by atoms with Crippen molar-refractivity contribution in [1.29, 1.82) is 0 Å². The maximum atomic E-state index is 6.00. The number of methoxy groups -OCH3 is 2. The lowest BCUT2D eigenvalue weighted by Gasteiger charge is -2.47. The third-order valence-electron chi connectivity index (χ3n) is 4.68. The fourth-order valence-electron chi connectivity index (χ4n) is 3.43. The Morgan fingerprint density at radius 2 is 1.62 bits per heavy atom. The number of hydrogen-bond donors (Lipinski definition) is 0. The summed E-state index contributed by atoms with van der Waals surface area (Å²) in [5.74, 6) is 1.79. The average Bonchev–Trinajstić information content (AvgIpc) is 2.51. The molecule has 116 valence electrons. The number of hydrogen-bond acceptors (Lipinski definition) is 4. The van der Waals surface area contributed by atoms with E-state index in [1.54, 1.807) is 7.11 Å². The smallest absolute Gasteiger partial charge is 0.124 e. The van der Waals surface area contributed by atoms with Crippen LogP contribution in [-0.2, 0) is 4.74 Å². The average molecular weight is 291 g/mol. The molecule has 1 aliphatic carbocycles. The molecule has 1 aromatic rings. The Kier molecular flexibility index (Phi) is 4.66. The zero-order valence-corrected chi connectivity index (χ0v) is 13.0. The monoisotopic (exact) mass is 291 g/mol. The fourth-order valence-corrected chi connectivity index (χ4v) is 3.43. The summed E-state index contributed by atoms with van der Waals surface area (Å²) in [6.45, 7) is 2.02. The second-order valence-corrected chi connectivity index (χ2v) is 6.00. The molecule has 0 N–H and O–H groups in total. The minimum atomic E-state index is 0.304. The number of nitrogens with zero attached hydrogens (tertiary/aromatic N) is 1. The largest absolute Gasteiger partial charge is 0.497 e. The van der Waals surface area contributed by atoms with Gasteiger partial charge in [0.2, 0.25) is 0 Å². The van der Waals surface area contributed by atoms with Crippen molar-refractivity contribution in [1.82, 2.24) is 4.90 Å². The van der Waals surface area contributed by atoms with Crippen LogP contribution >= 0.6 is 0 Å². The van der Waals surface area contributed by atoms with Crippen molar-refractivity contribution < 1.29 is 14.2 Å². The van der Waals surface area contributed by atoms with Gasteiger partial charge < -0.3 is 14.2 Å². The zero-order chi connectivity index (χ0) is 14.7. The third kappa shape index (κ3) is 3.33. The third-order valence-corrected chi connectivity index (χ3v) is 4.68. The molecule has 2 aliphatic rings. The van der Waals surface area contributed by atoms with E-state index in [1.807, 2.05) is 31.4 Å². The normalized spacial score (nSPS) is 27.1. The fraction of sp³-hybridized carbons (Fsp3) is 0.647. The Morgan fingerprint density at radius 1 is 0.952 bits per heavy atom. The molecule has 1 aliphatic heterocycles. The Morgan fingerprint density at radius 3 is 2.29 bits per heavy atom. The Hall–Kier alpha value is -1.26. The highest BCUT2D eigenvalue weighted by atomic mass is 16.5. The summed E-state index contributed by atoms with van der Waals surface area (Å²) in [5.41, 5.74) is 0. The van der Waals surface area contributed by atoms with Crippen LogP contribution in [-0.4, -0.2) is 50.5 Å². The molecule has 1 aromatic carbocycles. The van der Waals surface area contributed by atoms with Crippen LogP contribution in [0, 0.1) is 0 Å². The van der Waals surface area contributed by atoms with Gasteiger partial charge in [-0.05, 0) is 37.1 Å². The number of benzene rings is 1. The quantitative estimate of drug-likeness (QED) is 0.834. The summed E-state index contributed by atoms with van der Waals surface area (Å²) in [7, 11) is 3.52. The summed E-state index contributed by atoms with van der Waals surface area (Å²) in [6, 6.07) is 8.40. The molecule has 2 atom stereocenters. The number of likely N-dealkylation sites (tertiary alicyclic amines) is 1. The summed E-state index contributed by atoms with van der Waals surface area (Å²) >= 11 is 0. The number of ether oxygens (including phenoxy) is 3. The van der Waals surface area contributed by atoms with Crippen LogP contribution in [0.25, 0.3) is 0 Å². The lowest BCUT2D eigenvalue weighted by atomic mass is 9.89. The van der Waals surface area contributed by atoms with Crippen LogP contribution in [0.1, 0.15) is 25.7 Å². The molecule has 3 rings (SSSR count). The Balaban J connectivity index is 1.48. The summed E-state index contributed by atoms with van der Waals surface area (Å²) in [5, 5.41) is 0. The molecule has 0 radical (unpaired) electrons. The molecular weight excluding hydrogens is 266 g/mol. The van der Waals surface area contributed by atoms with Crippen LogP contribution in [0.3, 0.4) is 0 Å². The van der Waals surface area contributed by atoms with Gasteiger partial charge in [0.05, 0.1) is 13.2 Å². The Labute approximate surface area is 127 Å². The molecule has 4 heteroatoms. The van der Waals surface area contributed by atoms with E-state index in [-0.39, 0.29) is 0 Å². The van der Waals surface area contributed by atoms with Crippen molar-refractivity contribution in [2.24, 2.45) is 0 Å². The molecule has 1 saturated carbocycles. The second kappa shape index (κ2) is 6.67. The lowest BCUT2D eigenvalue weighted by Crippen LogP contribution is -2.61. The van der Waals surface area contributed by atoms with Crippen LogP contribution in [0.4, 0.5) is 0 Å². The maximum absolute atomic E-state index is 6.00. The van der Waals surface area contributed by atoms with E-state index in [0.29, 0.717) is 18.2 Å². The van der Waals surface area contributed by atoms with E-state index < -0.39 is 0 Å². The standard InChI is InChI=1S/C17H25NO3/c1-19-13-7-9-14(10-8-13)21-15-11-18(12-15)16-5-3-4-6-17(16)20-2/h7-10,15-17H,3-6,11-12H2,1-2H3. The van der Waals surface area contributed by atoms with Gasteiger partial charge in [-0.2, -0.15) is 0 Å². The first-order chi connectivity index (χ1) is 10.3. The predicted octanol–water partition coefficient (Wildman–Crippen LogP) is 2.72. The zero-order valence-electron chi connectivity index (χ0n) is 13.0. The number of rotatable bonds is 5. The van der Waals surface area contributed by atoms with E-state index in [2.05, 4.69) is 4.90 Å². The predicted molar refractivity (Wildman–Crippen MR) is 82.0 cm³/mol. The summed E-state index contributed by atoms with van der Waals surface area (Å²) in [6.07, 6.45) is 5.79. The highest BCUT2D eigenvalue weighted by molar-refractivity contribution is 5.31. The van der Waals surface area contributed by atoms with Crippen molar-refractivity contribution in [3.05, 3.63) is 24.3 Å². The van der Waals surface area contributed by atoms with E-state index in [1.165, 1.54) is 25.7 Å². The first kappa shape index (κ1) is 14.7. The molecular formula is C17H25NO3. The Bertz CT molecular complexity index is 442. The van der Waals surface area contributed by atoms with E-state index in [0.717, 1.165) is 24.6 Å². The van der Waals surface area contributed by atoms with E-state index in [4.69, 9.17) is 14.2 Å². The van der Waals surface area contributed by atoms with Crippen molar-refractivity contribution in [2.45, 2.75) is 43.9 Å². The molecule has 0 bridgehead atoms. The van der Waals surface area contributed by atoms with Crippen LogP contribution in [0.2, 0.25) is 0 Å². The van der Waals surface area contributed by atoms with Gasteiger partial charge in [0, 0.05) is 26.2 Å². The van der Waals surface area contributed by atoms with Crippen molar-refractivity contribution in [3.63, 3.8) is 0 Å². The highest BCUT2D eigenvalue weighted by Crippen LogP contribution is 2.30. The van der Waals surface area contributed by atoms with Gasteiger partial charge in [0.1, 0.15) is 17.6 Å². The van der Waals surface area contributed by atoms with Crippen molar-refractivity contribution in [3.8, 4) is 11.5 Å². The molecule has 1 heterocycles. The molecule has 0 spiro atoms. The lowest BCUT2D eigenvalue weighted by molar-refractivity contribution is -0.0750. The van der Waals surface area contributed by atoms with Crippen molar-refractivity contribution in [2.75, 3.05) is 27.3 Å². The van der Waals surface area contributed by atoms with Crippen molar-refractivity contribution >= 4 is 0 Å². The van der Waals surface area contributed by atoms with Gasteiger partial charge in [-0.3, -0.25) is 4.90 Å². The maximum Gasteiger partial charge on any atom is 0.124 e. The molecule has 21 heavy (non-hydrogen) atoms. The molecule has 2 unspecified atom stereocenters. The van der Waals surface area contributed by atoms with Gasteiger partial charge >= 0.3 is 0 Å². The van der Waals surface area contributed by atoms with Gasteiger partial charge in [-0.1, -0.05) is 12.8 Å². The minimum Gasteiger partial charge on any atom is -0.497 e. The van der Waals surface area contributed by atoms with Gasteiger partial charge in [-0.15, -0.1) is 0 Å². The summed E-state index contributed by atoms with van der Waals surface area (Å²) in [4.78, 5) is 2.52. The van der Waals surface area contributed by atoms with E-state index >= 15 is 0 Å². The molecule has 0 amide bonds. The van der Waals surface area contributed by atoms with E-state index in [9.17, 15) is 0 Å². The molecule has 1 saturated heterocycles. The van der Waals surface area contributed by atoms with Crippen LogP contribution in [0.15, 0.2) is 24.3 Å². The molecule has 2 fully saturated rings.